The second-order valence-corrected chi connectivity index (χ2v) is 6.94. The SMILES string of the molecule is CCn1nc(C(C)C)cc1C(=O)NC1CCN(C2CC2)CC1. The van der Waals surface area contributed by atoms with Crippen LogP contribution in [-0.2, 0) is 6.54 Å². The molecule has 1 aromatic rings. The Labute approximate surface area is 133 Å². The van der Waals surface area contributed by atoms with Crippen molar-refractivity contribution < 1.29 is 4.79 Å². The lowest BCUT2D eigenvalue weighted by atomic mass is 10.0. The molecule has 5 heteroatoms. The smallest absolute Gasteiger partial charge is 0.269 e. The zero-order valence-corrected chi connectivity index (χ0v) is 14.0. The van der Waals surface area contributed by atoms with E-state index in [9.17, 15) is 4.79 Å². The Morgan fingerprint density at radius 2 is 2.00 bits per heavy atom. The molecule has 1 aliphatic carbocycles. The van der Waals surface area contributed by atoms with E-state index in [1.54, 1.807) is 0 Å². The normalized spacial score (nSPS) is 20.5. The van der Waals surface area contributed by atoms with E-state index in [1.807, 2.05) is 17.7 Å². The predicted molar refractivity (Wildman–Crippen MR) is 87.1 cm³/mol. The topological polar surface area (TPSA) is 50.2 Å². The molecule has 1 aliphatic heterocycles. The Bertz CT molecular complexity index is 525. The van der Waals surface area contributed by atoms with Crippen molar-refractivity contribution in [3.05, 3.63) is 17.5 Å². The highest BCUT2D eigenvalue weighted by Gasteiger charge is 2.32. The summed E-state index contributed by atoms with van der Waals surface area (Å²) in [7, 11) is 0. The molecule has 0 unspecified atom stereocenters. The van der Waals surface area contributed by atoms with E-state index < -0.39 is 0 Å². The minimum atomic E-state index is 0.0334. The van der Waals surface area contributed by atoms with Gasteiger partial charge in [0.25, 0.3) is 5.91 Å². The highest BCUT2D eigenvalue weighted by atomic mass is 16.2. The van der Waals surface area contributed by atoms with Crippen molar-refractivity contribution in [3.63, 3.8) is 0 Å². The van der Waals surface area contributed by atoms with Crippen molar-refractivity contribution in [1.29, 1.82) is 0 Å². The number of hydrogen-bond acceptors (Lipinski definition) is 3. The van der Waals surface area contributed by atoms with Crippen LogP contribution in [0.5, 0.6) is 0 Å². The van der Waals surface area contributed by atoms with Crippen LogP contribution in [0.2, 0.25) is 0 Å². The molecular formula is C17H28N4O. The number of nitrogens with zero attached hydrogens (tertiary/aromatic N) is 3. The summed E-state index contributed by atoms with van der Waals surface area (Å²) in [5, 5.41) is 7.75. The molecule has 1 aromatic heterocycles. The van der Waals surface area contributed by atoms with Gasteiger partial charge in [0.2, 0.25) is 0 Å². The van der Waals surface area contributed by atoms with Crippen LogP contribution in [-0.4, -0.2) is 45.8 Å². The number of likely N-dealkylation sites (tertiary alicyclic amines) is 1. The Morgan fingerprint density at radius 1 is 1.32 bits per heavy atom. The molecule has 3 rings (SSSR count). The van der Waals surface area contributed by atoms with Crippen molar-refractivity contribution in [3.8, 4) is 0 Å². The molecule has 1 saturated heterocycles. The fourth-order valence-electron chi connectivity index (χ4n) is 3.25. The summed E-state index contributed by atoms with van der Waals surface area (Å²) in [6.07, 6.45) is 4.87. The van der Waals surface area contributed by atoms with Gasteiger partial charge < -0.3 is 10.2 Å². The van der Waals surface area contributed by atoms with Gasteiger partial charge in [0.1, 0.15) is 5.69 Å². The molecule has 0 spiro atoms. The van der Waals surface area contributed by atoms with Crippen LogP contribution >= 0.6 is 0 Å². The second-order valence-electron chi connectivity index (χ2n) is 6.94. The number of carbonyl (C=O) groups is 1. The Hall–Kier alpha value is -1.36. The molecule has 2 heterocycles. The number of nitrogens with one attached hydrogen (secondary N) is 1. The van der Waals surface area contributed by atoms with Gasteiger partial charge in [-0.2, -0.15) is 5.10 Å². The maximum atomic E-state index is 12.6. The molecule has 0 aromatic carbocycles. The van der Waals surface area contributed by atoms with Crippen LogP contribution in [0, 0.1) is 0 Å². The standard InChI is InChI=1S/C17H28N4O/c1-4-21-16(11-15(19-21)12(2)3)17(22)18-13-7-9-20(10-8-13)14-5-6-14/h11-14H,4-10H2,1-3H3,(H,18,22). The lowest BCUT2D eigenvalue weighted by Crippen LogP contribution is -2.45. The van der Waals surface area contributed by atoms with Gasteiger partial charge in [-0.15, -0.1) is 0 Å². The maximum Gasteiger partial charge on any atom is 0.269 e. The molecule has 0 radical (unpaired) electrons. The number of hydrogen-bond donors (Lipinski definition) is 1. The molecule has 2 aliphatic rings. The van der Waals surface area contributed by atoms with Crippen LogP contribution in [0.25, 0.3) is 0 Å². The third-order valence-corrected chi connectivity index (χ3v) is 4.85. The minimum absolute atomic E-state index is 0.0334. The first-order valence-corrected chi connectivity index (χ1v) is 8.71. The number of aryl methyl sites for hydroxylation is 1. The molecule has 1 amide bonds. The first-order chi connectivity index (χ1) is 10.6. The quantitative estimate of drug-likeness (QED) is 0.908. The zero-order valence-electron chi connectivity index (χ0n) is 14.0. The van der Waals surface area contributed by atoms with Crippen LogP contribution in [0.3, 0.4) is 0 Å². The summed E-state index contributed by atoms with van der Waals surface area (Å²) >= 11 is 0. The van der Waals surface area contributed by atoms with Gasteiger partial charge in [-0.1, -0.05) is 13.8 Å². The van der Waals surface area contributed by atoms with Gasteiger partial charge in [0, 0.05) is 31.7 Å². The lowest BCUT2D eigenvalue weighted by molar-refractivity contribution is 0.0898. The average molecular weight is 304 g/mol. The fraction of sp³-hybridized carbons (Fsp3) is 0.765. The van der Waals surface area contributed by atoms with Crippen LogP contribution in [0.4, 0.5) is 0 Å². The molecule has 1 N–H and O–H groups in total. The first kappa shape index (κ1) is 15.5. The molecule has 22 heavy (non-hydrogen) atoms. The van der Waals surface area contributed by atoms with E-state index >= 15 is 0 Å². The van der Waals surface area contributed by atoms with E-state index in [4.69, 9.17) is 0 Å². The van der Waals surface area contributed by atoms with E-state index in [1.165, 1.54) is 12.8 Å². The Kier molecular flexibility index (Phi) is 4.52. The molecule has 5 nitrogen and oxygen atoms in total. The van der Waals surface area contributed by atoms with Gasteiger partial charge in [-0.05, 0) is 44.6 Å². The molecule has 0 atom stereocenters. The summed E-state index contributed by atoms with van der Waals surface area (Å²) in [5.41, 5.74) is 1.70. The van der Waals surface area contributed by atoms with E-state index in [2.05, 4.69) is 29.2 Å². The third kappa shape index (κ3) is 3.35. The van der Waals surface area contributed by atoms with Gasteiger partial charge in [-0.25, -0.2) is 0 Å². The van der Waals surface area contributed by atoms with Crippen molar-refractivity contribution >= 4 is 5.91 Å². The van der Waals surface area contributed by atoms with E-state index in [-0.39, 0.29) is 5.91 Å². The molecule has 122 valence electrons. The molecule has 1 saturated carbocycles. The summed E-state index contributed by atoms with van der Waals surface area (Å²) in [6, 6.07) is 3.10. The first-order valence-electron chi connectivity index (χ1n) is 8.71. The summed E-state index contributed by atoms with van der Waals surface area (Å²) in [6.45, 7) is 9.23. The van der Waals surface area contributed by atoms with Crippen LogP contribution in [0.1, 0.15) is 68.6 Å². The highest BCUT2D eigenvalue weighted by Crippen LogP contribution is 2.29. The Balaban J connectivity index is 1.59. The molecule has 0 bridgehead atoms. The van der Waals surface area contributed by atoms with Crippen molar-refractivity contribution in [2.75, 3.05) is 13.1 Å². The van der Waals surface area contributed by atoms with Gasteiger partial charge in [0.15, 0.2) is 0 Å². The fourth-order valence-corrected chi connectivity index (χ4v) is 3.25. The van der Waals surface area contributed by atoms with Gasteiger partial charge in [0.05, 0.1) is 5.69 Å². The Morgan fingerprint density at radius 3 is 2.55 bits per heavy atom. The highest BCUT2D eigenvalue weighted by molar-refractivity contribution is 5.92. The van der Waals surface area contributed by atoms with Crippen molar-refractivity contribution in [1.82, 2.24) is 20.0 Å². The summed E-state index contributed by atoms with van der Waals surface area (Å²) in [5.74, 6) is 0.382. The third-order valence-electron chi connectivity index (χ3n) is 4.85. The predicted octanol–water partition coefficient (Wildman–Crippen LogP) is 2.38. The lowest BCUT2D eigenvalue weighted by Gasteiger charge is -2.32. The average Bonchev–Trinajstić information content (AvgIpc) is 3.25. The molecular weight excluding hydrogens is 276 g/mol. The summed E-state index contributed by atoms with van der Waals surface area (Å²) in [4.78, 5) is 15.1. The summed E-state index contributed by atoms with van der Waals surface area (Å²) < 4.78 is 1.82. The second kappa shape index (κ2) is 6.41. The number of amides is 1. The largest absolute Gasteiger partial charge is 0.348 e. The minimum Gasteiger partial charge on any atom is -0.348 e. The van der Waals surface area contributed by atoms with Gasteiger partial charge in [-0.3, -0.25) is 9.48 Å². The number of carbonyl (C=O) groups excluding carboxylic acids is 1. The zero-order chi connectivity index (χ0) is 15.7. The van der Waals surface area contributed by atoms with E-state index in [0.717, 1.165) is 44.2 Å². The number of piperidine rings is 1. The molecule has 2 fully saturated rings. The maximum absolute atomic E-state index is 12.6. The van der Waals surface area contributed by atoms with Crippen molar-refractivity contribution in [2.45, 2.75) is 71.0 Å². The van der Waals surface area contributed by atoms with E-state index in [0.29, 0.717) is 17.7 Å². The van der Waals surface area contributed by atoms with Crippen LogP contribution < -0.4 is 5.32 Å². The monoisotopic (exact) mass is 304 g/mol. The van der Waals surface area contributed by atoms with Crippen molar-refractivity contribution in [2.24, 2.45) is 0 Å². The number of rotatable bonds is 5. The van der Waals surface area contributed by atoms with Gasteiger partial charge >= 0.3 is 0 Å². The van der Waals surface area contributed by atoms with Crippen LogP contribution in [0.15, 0.2) is 6.07 Å². The number of aromatic nitrogens is 2.